The molecule has 0 aliphatic heterocycles. The number of halogens is 2. The van der Waals surface area contributed by atoms with E-state index in [1.807, 2.05) is 37.3 Å². The van der Waals surface area contributed by atoms with Gasteiger partial charge in [0.05, 0.1) is 10.6 Å². The highest BCUT2D eigenvalue weighted by molar-refractivity contribution is 7.92. The Hall–Kier alpha value is -4.21. The van der Waals surface area contributed by atoms with Crippen molar-refractivity contribution in [3.63, 3.8) is 0 Å². The van der Waals surface area contributed by atoms with Crippen molar-refractivity contribution in [3.05, 3.63) is 131 Å². The van der Waals surface area contributed by atoms with Gasteiger partial charge in [-0.2, -0.15) is 0 Å². The summed E-state index contributed by atoms with van der Waals surface area (Å²) in [6, 6.07) is 26.3. The van der Waals surface area contributed by atoms with Crippen molar-refractivity contribution in [1.82, 2.24) is 10.2 Å². The second-order valence-corrected chi connectivity index (χ2v) is 12.1. The average molecular weight is 608 g/mol. The van der Waals surface area contributed by atoms with Crippen molar-refractivity contribution >= 4 is 39.1 Å². The Kier molecular flexibility index (Phi) is 9.98. The van der Waals surface area contributed by atoms with Crippen molar-refractivity contribution < 1.29 is 22.4 Å². The van der Waals surface area contributed by atoms with Crippen LogP contribution in [-0.4, -0.2) is 44.8 Å². The molecule has 1 N–H and O–H groups in total. The molecule has 4 aromatic rings. The number of likely N-dealkylation sites (N-methyl/N-ethyl adjacent to an activating group) is 1. The average Bonchev–Trinajstić information content (AvgIpc) is 2.98. The third-order valence-electron chi connectivity index (χ3n) is 6.77. The molecule has 7 nitrogen and oxygen atoms in total. The van der Waals surface area contributed by atoms with Crippen LogP contribution < -0.4 is 9.62 Å². The molecule has 4 rings (SSSR count). The molecule has 0 aromatic heterocycles. The highest BCUT2D eigenvalue weighted by Crippen LogP contribution is 2.27. The Morgan fingerprint density at radius 2 is 1.55 bits per heavy atom. The molecule has 0 aliphatic rings. The number of amides is 2. The summed E-state index contributed by atoms with van der Waals surface area (Å²) in [5.74, 6) is -1.50. The lowest BCUT2D eigenvalue weighted by molar-refractivity contribution is -0.139. The first-order valence-corrected chi connectivity index (χ1v) is 15.0. The molecule has 218 valence electrons. The molecule has 0 saturated carbocycles. The van der Waals surface area contributed by atoms with Gasteiger partial charge in [0, 0.05) is 25.0 Å². The van der Waals surface area contributed by atoms with Gasteiger partial charge in [0.15, 0.2) is 0 Å². The number of aryl methyl sites for hydroxylation is 1. The fourth-order valence-electron chi connectivity index (χ4n) is 4.50. The fraction of sp³-hybridized carbons (Fsp3) is 0.188. The maximum Gasteiger partial charge on any atom is 0.264 e. The first-order chi connectivity index (χ1) is 20.1. The van der Waals surface area contributed by atoms with E-state index in [0.717, 1.165) is 15.4 Å². The van der Waals surface area contributed by atoms with Gasteiger partial charge < -0.3 is 10.2 Å². The molecule has 1 atom stereocenters. The van der Waals surface area contributed by atoms with Gasteiger partial charge in [-0.05, 0) is 60.5 Å². The predicted octanol–water partition coefficient (Wildman–Crippen LogP) is 5.37. The number of nitrogens with one attached hydrogen (secondary N) is 1. The molecule has 0 bridgehead atoms. The molecule has 0 heterocycles. The quantitative estimate of drug-likeness (QED) is 0.248. The number of sulfonamides is 1. The lowest BCUT2D eigenvalue weighted by Gasteiger charge is -2.33. The summed E-state index contributed by atoms with van der Waals surface area (Å²) in [6.45, 7) is 1.17. The van der Waals surface area contributed by atoms with Crippen LogP contribution in [0.5, 0.6) is 0 Å². The molecule has 0 fully saturated rings. The first kappa shape index (κ1) is 30.7. The number of carbonyl (C=O) groups is 2. The number of hydrogen-bond acceptors (Lipinski definition) is 4. The smallest absolute Gasteiger partial charge is 0.264 e. The van der Waals surface area contributed by atoms with Gasteiger partial charge in [0.1, 0.15) is 18.4 Å². The van der Waals surface area contributed by atoms with Crippen LogP contribution in [0.3, 0.4) is 0 Å². The monoisotopic (exact) mass is 607 g/mol. The molecule has 0 unspecified atom stereocenters. The Morgan fingerprint density at radius 3 is 2.17 bits per heavy atom. The highest BCUT2D eigenvalue weighted by Gasteiger charge is 2.34. The molecular formula is C32H31ClFN3O4S. The lowest BCUT2D eigenvalue weighted by Crippen LogP contribution is -2.53. The van der Waals surface area contributed by atoms with E-state index >= 15 is 0 Å². The maximum absolute atomic E-state index is 14.2. The van der Waals surface area contributed by atoms with E-state index in [1.54, 1.807) is 30.3 Å². The van der Waals surface area contributed by atoms with Crippen molar-refractivity contribution in [2.45, 2.75) is 30.8 Å². The number of hydrogen-bond donors (Lipinski definition) is 1. The van der Waals surface area contributed by atoms with Gasteiger partial charge in [-0.15, -0.1) is 0 Å². The van der Waals surface area contributed by atoms with Crippen molar-refractivity contribution in [3.8, 4) is 0 Å². The number of rotatable bonds is 11. The van der Waals surface area contributed by atoms with Gasteiger partial charge in [-0.1, -0.05) is 77.8 Å². The summed E-state index contributed by atoms with van der Waals surface area (Å²) in [7, 11) is -2.75. The minimum absolute atomic E-state index is 0.00176. The molecule has 10 heteroatoms. The highest BCUT2D eigenvalue weighted by atomic mass is 35.5. The molecule has 42 heavy (non-hydrogen) atoms. The van der Waals surface area contributed by atoms with Crippen LogP contribution in [0, 0.1) is 12.7 Å². The van der Waals surface area contributed by atoms with Crippen LogP contribution in [0.1, 0.15) is 16.7 Å². The van der Waals surface area contributed by atoms with Crippen LogP contribution in [-0.2, 0) is 32.6 Å². The Balaban J connectivity index is 1.78. The van der Waals surface area contributed by atoms with Crippen LogP contribution >= 0.6 is 11.6 Å². The van der Waals surface area contributed by atoms with Crippen molar-refractivity contribution in [1.29, 1.82) is 0 Å². The molecule has 2 amide bonds. The molecule has 0 saturated heterocycles. The third kappa shape index (κ3) is 7.54. The van der Waals surface area contributed by atoms with Crippen molar-refractivity contribution in [2.75, 3.05) is 17.9 Å². The normalized spacial score (nSPS) is 11.9. The Labute approximate surface area is 250 Å². The summed E-state index contributed by atoms with van der Waals surface area (Å²) < 4.78 is 42.6. The molecule has 4 aromatic carbocycles. The van der Waals surface area contributed by atoms with E-state index < -0.39 is 40.2 Å². The van der Waals surface area contributed by atoms with E-state index in [-0.39, 0.29) is 23.5 Å². The van der Waals surface area contributed by atoms with Gasteiger partial charge in [0.2, 0.25) is 11.8 Å². The van der Waals surface area contributed by atoms with E-state index in [0.29, 0.717) is 10.6 Å². The number of carbonyl (C=O) groups excluding carboxylic acids is 2. The fourth-order valence-corrected chi connectivity index (χ4v) is 6.10. The molecular weight excluding hydrogens is 577 g/mol. The Morgan fingerprint density at radius 1 is 0.881 bits per heavy atom. The number of nitrogens with zero attached hydrogens (tertiary/aromatic N) is 2. The first-order valence-electron chi connectivity index (χ1n) is 13.2. The summed E-state index contributed by atoms with van der Waals surface area (Å²) in [5.41, 5.74) is 2.45. The zero-order valence-electron chi connectivity index (χ0n) is 23.2. The second-order valence-electron chi connectivity index (χ2n) is 9.77. The van der Waals surface area contributed by atoms with Crippen LogP contribution in [0.4, 0.5) is 10.1 Å². The lowest BCUT2D eigenvalue weighted by atomic mass is 10.0. The Bertz CT molecular complexity index is 1630. The summed E-state index contributed by atoms with van der Waals surface area (Å²) in [6.07, 6.45) is 0.176. The van der Waals surface area contributed by atoms with Gasteiger partial charge in [-0.25, -0.2) is 12.8 Å². The zero-order chi connectivity index (χ0) is 30.3. The van der Waals surface area contributed by atoms with E-state index in [4.69, 9.17) is 11.6 Å². The minimum Gasteiger partial charge on any atom is -0.357 e. The van der Waals surface area contributed by atoms with Crippen LogP contribution in [0.2, 0.25) is 5.02 Å². The largest absolute Gasteiger partial charge is 0.357 e. The standard InChI is InChI=1S/C32H31ClFN3O4S/c1-23-11-17-29(18-12-23)42(40,41)37(28-10-6-9-26(33)20-28)22-31(38)36(21-25-13-15-27(34)16-14-25)30(32(39)35-2)19-24-7-4-3-5-8-24/h3-18,20,30H,19,21-22H2,1-2H3,(H,35,39)/t30-/m0/s1. The summed E-state index contributed by atoms with van der Waals surface area (Å²) >= 11 is 6.23. The van der Waals surface area contributed by atoms with Gasteiger partial charge >= 0.3 is 0 Å². The number of benzene rings is 4. The predicted molar refractivity (Wildman–Crippen MR) is 162 cm³/mol. The van der Waals surface area contributed by atoms with Gasteiger partial charge in [0.25, 0.3) is 10.0 Å². The van der Waals surface area contributed by atoms with Crippen LogP contribution in [0.15, 0.2) is 108 Å². The topological polar surface area (TPSA) is 86.8 Å². The third-order valence-corrected chi connectivity index (χ3v) is 8.79. The SMILES string of the molecule is CNC(=O)[C@H](Cc1ccccc1)N(Cc1ccc(F)cc1)C(=O)CN(c1cccc(Cl)c1)S(=O)(=O)c1ccc(C)cc1. The van der Waals surface area contributed by atoms with E-state index in [2.05, 4.69) is 5.32 Å². The summed E-state index contributed by atoms with van der Waals surface area (Å²) in [5, 5.41) is 2.92. The van der Waals surface area contributed by atoms with E-state index in [9.17, 15) is 22.4 Å². The van der Waals surface area contributed by atoms with Crippen LogP contribution in [0.25, 0.3) is 0 Å². The zero-order valence-corrected chi connectivity index (χ0v) is 24.8. The summed E-state index contributed by atoms with van der Waals surface area (Å²) in [4.78, 5) is 28.8. The number of anilines is 1. The minimum atomic E-state index is -4.23. The van der Waals surface area contributed by atoms with Gasteiger partial charge in [-0.3, -0.25) is 13.9 Å². The maximum atomic E-state index is 14.2. The second kappa shape index (κ2) is 13.6. The van der Waals surface area contributed by atoms with Crippen molar-refractivity contribution in [2.24, 2.45) is 0 Å². The molecule has 0 aliphatic carbocycles. The molecule has 0 spiro atoms. The molecule has 0 radical (unpaired) electrons. The van der Waals surface area contributed by atoms with E-state index in [1.165, 1.54) is 54.4 Å².